The summed E-state index contributed by atoms with van der Waals surface area (Å²) in [5, 5.41) is 3.80. The molecule has 4 saturated heterocycles. The summed E-state index contributed by atoms with van der Waals surface area (Å²) in [6.07, 6.45) is 2.88. The fourth-order valence-electron chi connectivity index (χ4n) is 10.3. The molecule has 5 aromatic rings. The molecule has 10 rings (SSSR count). The van der Waals surface area contributed by atoms with Crippen molar-refractivity contribution < 1.29 is 9.53 Å². The summed E-state index contributed by atoms with van der Waals surface area (Å²) in [6.45, 7) is 1.58. The van der Waals surface area contributed by atoms with E-state index in [0.29, 0.717) is 29.9 Å². The van der Waals surface area contributed by atoms with Gasteiger partial charge in [0.2, 0.25) is 0 Å². The van der Waals surface area contributed by atoms with E-state index < -0.39 is 16.7 Å². The van der Waals surface area contributed by atoms with Gasteiger partial charge in [0.15, 0.2) is 11.5 Å². The Kier molecular flexibility index (Phi) is 5.59. The summed E-state index contributed by atoms with van der Waals surface area (Å²) < 4.78 is 7.26. The molecular formula is C40H30Cl2N2O2. The van der Waals surface area contributed by atoms with Crippen LogP contribution >= 0.6 is 23.2 Å². The summed E-state index contributed by atoms with van der Waals surface area (Å²) in [6, 6.07) is 39.9. The van der Waals surface area contributed by atoms with Crippen molar-refractivity contribution in [1.29, 1.82) is 0 Å². The van der Waals surface area contributed by atoms with Crippen LogP contribution < -0.4 is 0 Å². The normalized spacial score (nSPS) is 32.8. The highest BCUT2D eigenvalue weighted by Gasteiger charge is 2.90. The molecule has 0 amide bonds. The molecule has 2 spiro atoms. The Bertz CT molecular complexity index is 2110. The molecule has 5 aliphatic rings. The second kappa shape index (κ2) is 9.41. The van der Waals surface area contributed by atoms with Crippen LogP contribution in [0.2, 0.25) is 10.0 Å². The Morgan fingerprint density at radius 1 is 0.804 bits per heavy atom. The summed E-state index contributed by atoms with van der Waals surface area (Å²) >= 11 is 12.7. The lowest BCUT2D eigenvalue weighted by atomic mass is 9.57. The first-order valence-corrected chi connectivity index (χ1v) is 16.7. The van der Waals surface area contributed by atoms with E-state index in [1.54, 1.807) is 0 Å². The zero-order valence-corrected chi connectivity index (χ0v) is 26.5. The van der Waals surface area contributed by atoms with Crippen LogP contribution in [0.25, 0.3) is 16.8 Å². The highest BCUT2D eigenvalue weighted by Crippen LogP contribution is 2.80. The summed E-state index contributed by atoms with van der Waals surface area (Å²) in [7, 11) is 0. The molecule has 4 nitrogen and oxygen atoms in total. The van der Waals surface area contributed by atoms with Crippen molar-refractivity contribution in [3.63, 3.8) is 0 Å². The number of rotatable bonds is 4. The fourth-order valence-corrected chi connectivity index (χ4v) is 10.6. The van der Waals surface area contributed by atoms with Crippen LogP contribution in [-0.2, 0) is 27.2 Å². The van der Waals surface area contributed by atoms with Crippen LogP contribution in [0.15, 0.2) is 121 Å². The van der Waals surface area contributed by atoms with Crippen LogP contribution in [0.5, 0.6) is 0 Å². The zero-order valence-electron chi connectivity index (χ0n) is 25.0. The lowest BCUT2D eigenvalue weighted by molar-refractivity contribution is -0.131. The number of nitrogens with zero attached hydrogens (tertiary/aromatic N) is 2. The van der Waals surface area contributed by atoms with E-state index in [9.17, 15) is 0 Å². The number of ether oxygens (including phenoxy) is 1. The van der Waals surface area contributed by atoms with E-state index >= 15 is 4.79 Å². The fraction of sp³-hybridized carbons (Fsp3) is 0.225. The summed E-state index contributed by atoms with van der Waals surface area (Å²) in [5.41, 5.74) is 4.27. The van der Waals surface area contributed by atoms with Gasteiger partial charge in [-0.3, -0.25) is 14.6 Å². The molecular weight excluding hydrogens is 611 g/mol. The summed E-state index contributed by atoms with van der Waals surface area (Å²) in [5.74, 6) is 0.112. The van der Waals surface area contributed by atoms with E-state index in [0.717, 1.165) is 23.1 Å². The molecule has 46 heavy (non-hydrogen) atoms. The third kappa shape index (κ3) is 3.10. The molecule has 4 aliphatic heterocycles. The maximum absolute atomic E-state index is 15.8. The standard InChI is InChI=1S/C40H30Cl2N2O2/c41-30-16-12-26(13-17-30)20-29-22-43-23-38(37(29)45)36(28-14-18-31(42)19-15-28)34(21-25-6-2-1-3-7-25)44-24-46-40(43)33-11-5-9-27-8-4-10-32(35(27)33)39(38,40)44/h1-20,34,36H,21-24H2/b29-20+/t34-,36-,38-,39+,40+/m0/s1. The van der Waals surface area contributed by atoms with Crippen molar-refractivity contribution in [3.05, 3.63) is 159 Å². The number of fused-ring (bicyclic) bond motifs is 1. The highest BCUT2D eigenvalue weighted by molar-refractivity contribution is 6.30. The lowest BCUT2D eigenvalue weighted by Crippen LogP contribution is -2.56. The molecule has 0 aromatic heterocycles. The first kappa shape index (κ1) is 27.4. The van der Waals surface area contributed by atoms with E-state index in [1.165, 1.54) is 27.5 Å². The van der Waals surface area contributed by atoms with Crippen molar-refractivity contribution >= 4 is 45.8 Å². The number of ketones is 1. The van der Waals surface area contributed by atoms with Gasteiger partial charge in [-0.1, -0.05) is 114 Å². The van der Waals surface area contributed by atoms with Crippen molar-refractivity contribution in [3.8, 4) is 0 Å². The molecule has 0 saturated carbocycles. The number of hydrogen-bond donors (Lipinski definition) is 0. The number of Topliss-reactive ketones (excluding diaryl/α,β-unsaturated/α-hetero) is 1. The van der Waals surface area contributed by atoms with Gasteiger partial charge in [-0.15, -0.1) is 0 Å². The predicted molar refractivity (Wildman–Crippen MR) is 182 cm³/mol. The maximum atomic E-state index is 15.8. The van der Waals surface area contributed by atoms with Gasteiger partial charge >= 0.3 is 0 Å². The van der Waals surface area contributed by atoms with Crippen LogP contribution in [-0.4, -0.2) is 41.4 Å². The SMILES string of the molecule is O=C1/C(=C/c2ccc(Cl)cc2)CN2C[C@]13[C@@H](c1ccc(Cl)cc1)[C@H](Cc1ccccc1)N1CO[C@@]24c2cccc5cccc(c25)[C@@]134. The second-order valence-corrected chi connectivity index (χ2v) is 14.3. The molecule has 4 heterocycles. The van der Waals surface area contributed by atoms with Crippen LogP contribution in [0, 0.1) is 5.41 Å². The Labute approximate surface area is 277 Å². The minimum atomic E-state index is -0.819. The van der Waals surface area contributed by atoms with Crippen molar-refractivity contribution in [1.82, 2.24) is 9.80 Å². The maximum Gasteiger partial charge on any atom is 0.174 e. The average Bonchev–Trinajstić information content (AvgIpc) is 3.71. The molecule has 0 radical (unpaired) electrons. The topological polar surface area (TPSA) is 32.8 Å². The Hall–Kier alpha value is -3.77. The largest absolute Gasteiger partial charge is 0.338 e. The van der Waals surface area contributed by atoms with Gasteiger partial charge in [0.05, 0.1) is 5.41 Å². The second-order valence-electron chi connectivity index (χ2n) is 13.5. The quantitative estimate of drug-likeness (QED) is 0.186. The van der Waals surface area contributed by atoms with Gasteiger partial charge in [0, 0.05) is 46.2 Å². The molecule has 2 bridgehead atoms. The Balaban J connectivity index is 1.30. The zero-order chi connectivity index (χ0) is 30.8. The van der Waals surface area contributed by atoms with Gasteiger partial charge in [-0.05, 0) is 69.8 Å². The predicted octanol–water partition coefficient (Wildman–Crippen LogP) is 8.18. The molecule has 4 fully saturated rings. The van der Waals surface area contributed by atoms with E-state index in [-0.39, 0.29) is 17.7 Å². The number of halogens is 2. The third-order valence-corrected chi connectivity index (χ3v) is 12.1. The number of carbonyl (C=O) groups is 1. The molecule has 5 aromatic carbocycles. The Morgan fingerprint density at radius 3 is 2.24 bits per heavy atom. The number of hydrogen-bond acceptors (Lipinski definition) is 4. The monoisotopic (exact) mass is 640 g/mol. The van der Waals surface area contributed by atoms with Crippen molar-refractivity contribution in [2.45, 2.75) is 29.6 Å². The smallest absolute Gasteiger partial charge is 0.174 e. The summed E-state index contributed by atoms with van der Waals surface area (Å²) in [4.78, 5) is 20.9. The number of benzene rings is 5. The lowest BCUT2D eigenvalue weighted by Gasteiger charge is -2.44. The van der Waals surface area contributed by atoms with E-state index in [1.807, 2.05) is 36.4 Å². The van der Waals surface area contributed by atoms with Crippen LogP contribution in [0.3, 0.4) is 0 Å². The average molecular weight is 642 g/mol. The van der Waals surface area contributed by atoms with Crippen LogP contribution in [0.1, 0.15) is 33.7 Å². The molecule has 1 aliphatic carbocycles. The van der Waals surface area contributed by atoms with Gasteiger partial charge in [-0.2, -0.15) is 0 Å². The number of carbonyl (C=O) groups excluding carboxylic acids is 1. The number of piperidine rings is 1. The van der Waals surface area contributed by atoms with Gasteiger partial charge < -0.3 is 4.74 Å². The van der Waals surface area contributed by atoms with Crippen LogP contribution in [0.4, 0.5) is 0 Å². The molecule has 1 unspecified atom stereocenters. The first-order chi connectivity index (χ1) is 22.5. The van der Waals surface area contributed by atoms with Gasteiger partial charge in [0.25, 0.3) is 0 Å². The van der Waals surface area contributed by atoms with E-state index in [4.69, 9.17) is 27.9 Å². The molecule has 0 N–H and O–H groups in total. The minimum Gasteiger partial charge on any atom is -0.338 e. The van der Waals surface area contributed by atoms with Crippen molar-refractivity contribution in [2.75, 3.05) is 19.8 Å². The van der Waals surface area contributed by atoms with Gasteiger partial charge in [0.1, 0.15) is 12.3 Å². The molecule has 226 valence electrons. The minimum absolute atomic E-state index is 0.0102. The first-order valence-electron chi connectivity index (χ1n) is 16.0. The third-order valence-electron chi connectivity index (χ3n) is 11.6. The molecule has 6 heteroatoms. The van der Waals surface area contributed by atoms with Gasteiger partial charge in [-0.25, -0.2) is 0 Å². The van der Waals surface area contributed by atoms with E-state index in [2.05, 4.69) is 94.7 Å². The highest BCUT2D eigenvalue weighted by atomic mass is 35.5. The Morgan fingerprint density at radius 2 is 1.50 bits per heavy atom. The molecule has 6 atom stereocenters. The van der Waals surface area contributed by atoms with Crippen molar-refractivity contribution in [2.24, 2.45) is 5.41 Å².